The van der Waals surface area contributed by atoms with Gasteiger partial charge in [-0.15, -0.1) is 0 Å². The lowest BCUT2D eigenvalue weighted by molar-refractivity contribution is -0.133. The number of ketones is 1. The number of Topliss-reactive ketones (excluding diaryl/α,β-unsaturated/α-hetero) is 1. The van der Waals surface area contributed by atoms with Crippen molar-refractivity contribution in [3.8, 4) is 0 Å². The molecular formula is C15H20O3. The summed E-state index contributed by atoms with van der Waals surface area (Å²) < 4.78 is 0. The predicted octanol–water partition coefficient (Wildman–Crippen LogP) is 2.97. The molecule has 18 heavy (non-hydrogen) atoms. The highest BCUT2D eigenvalue weighted by Crippen LogP contribution is 2.51. The first-order valence-corrected chi connectivity index (χ1v) is 6.50. The highest BCUT2D eigenvalue weighted by atomic mass is 16.4. The summed E-state index contributed by atoms with van der Waals surface area (Å²) >= 11 is 0. The maximum absolute atomic E-state index is 11.9. The van der Waals surface area contributed by atoms with Crippen LogP contribution < -0.4 is 0 Å². The molecule has 0 amide bonds. The fourth-order valence-electron chi connectivity index (χ4n) is 3.36. The molecule has 0 aromatic heterocycles. The Morgan fingerprint density at radius 2 is 2.17 bits per heavy atom. The molecule has 98 valence electrons. The number of fused-ring (bicyclic) bond motifs is 1. The molecule has 0 aromatic rings. The molecule has 3 unspecified atom stereocenters. The van der Waals surface area contributed by atoms with Crippen LogP contribution in [0.25, 0.3) is 0 Å². The van der Waals surface area contributed by atoms with E-state index in [0.29, 0.717) is 12.2 Å². The van der Waals surface area contributed by atoms with E-state index < -0.39 is 5.97 Å². The van der Waals surface area contributed by atoms with E-state index in [1.54, 1.807) is 0 Å². The lowest BCUT2D eigenvalue weighted by Gasteiger charge is -2.46. The first-order chi connectivity index (χ1) is 8.36. The van der Waals surface area contributed by atoms with Gasteiger partial charge in [-0.2, -0.15) is 0 Å². The average molecular weight is 248 g/mol. The molecule has 0 radical (unpaired) electrons. The van der Waals surface area contributed by atoms with Crippen LogP contribution in [0.1, 0.15) is 39.5 Å². The molecule has 3 nitrogen and oxygen atoms in total. The Balaban J connectivity index is 2.29. The van der Waals surface area contributed by atoms with Crippen molar-refractivity contribution < 1.29 is 14.7 Å². The van der Waals surface area contributed by atoms with E-state index in [1.807, 2.05) is 6.92 Å². The average Bonchev–Trinajstić information content (AvgIpc) is 2.33. The van der Waals surface area contributed by atoms with E-state index in [9.17, 15) is 9.59 Å². The lowest BCUT2D eigenvalue weighted by Crippen LogP contribution is -2.41. The molecule has 0 aromatic carbocycles. The first kappa shape index (κ1) is 13.1. The number of carbonyl (C=O) groups is 2. The van der Waals surface area contributed by atoms with Gasteiger partial charge in [0.2, 0.25) is 0 Å². The molecule has 0 saturated heterocycles. The number of hydrogen-bond acceptors (Lipinski definition) is 2. The van der Waals surface area contributed by atoms with Crippen molar-refractivity contribution in [2.75, 3.05) is 0 Å². The molecule has 2 aliphatic rings. The van der Waals surface area contributed by atoms with E-state index in [-0.39, 0.29) is 22.8 Å². The van der Waals surface area contributed by atoms with E-state index >= 15 is 0 Å². The van der Waals surface area contributed by atoms with Crippen LogP contribution in [-0.2, 0) is 9.59 Å². The summed E-state index contributed by atoms with van der Waals surface area (Å²) in [7, 11) is 0. The van der Waals surface area contributed by atoms with Crippen LogP contribution >= 0.6 is 0 Å². The number of aliphatic carboxylic acids is 1. The normalized spacial score (nSPS) is 35.7. The number of carboxylic acid groups (broad SMARTS) is 1. The van der Waals surface area contributed by atoms with E-state index in [4.69, 9.17) is 5.11 Å². The zero-order valence-corrected chi connectivity index (χ0v) is 11.0. The maximum Gasteiger partial charge on any atom is 0.331 e. The third-order valence-corrected chi connectivity index (χ3v) is 4.90. The van der Waals surface area contributed by atoms with Crippen LogP contribution in [0.15, 0.2) is 23.8 Å². The quantitative estimate of drug-likeness (QED) is 0.603. The highest BCUT2D eigenvalue weighted by molar-refractivity contribution is 5.87. The smallest absolute Gasteiger partial charge is 0.331 e. The summed E-state index contributed by atoms with van der Waals surface area (Å²) in [5, 5.41) is 9.04. The van der Waals surface area contributed by atoms with E-state index in [1.165, 1.54) is 5.57 Å². The molecule has 2 rings (SSSR count). The van der Waals surface area contributed by atoms with Crippen molar-refractivity contribution in [2.45, 2.75) is 39.5 Å². The number of rotatable bonds is 2. The van der Waals surface area contributed by atoms with Crippen molar-refractivity contribution in [3.05, 3.63) is 23.8 Å². The van der Waals surface area contributed by atoms with Gasteiger partial charge in [-0.25, -0.2) is 4.79 Å². The molecule has 0 aliphatic heterocycles. The van der Waals surface area contributed by atoms with Gasteiger partial charge in [0.05, 0.1) is 0 Å². The topological polar surface area (TPSA) is 54.4 Å². The van der Waals surface area contributed by atoms with Gasteiger partial charge in [-0.05, 0) is 30.6 Å². The number of hydrogen-bond donors (Lipinski definition) is 1. The van der Waals surface area contributed by atoms with Crippen molar-refractivity contribution in [1.29, 1.82) is 0 Å². The Hall–Kier alpha value is -1.38. The third kappa shape index (κ3) is 1.92. The number of allylic oxidation sites excluding steroid dienone is 2. The summed E-state index contributed by atoms with van der Waals surface area (Å²) in [4.78, 5) is 22.9. The van der Waals surface area contributed by atoms with Gasteiger partial charge in [0.1, 0.15) is 5.78 Å². The van der Waals surface area contributed by atoms with Crippen molar-refractivity contribution >= 4 is 11.8 Å². The third-order valence-electron chi connectivity index (χ3n) is 4.90. The minimum Gasteiger partial charge on any atom is -0.478 e. The van der Waals surface area contributed by atoms with Crippen molar-refractivity contribution in [2.24, 2.45) is 17.3 Å². The Morgan fingerprint density at radius 3 is 2.78 bits per heavy atom. The van der Waals surface area contributed by atoms with Crippen LogP contribution in [0.3, 0.4) is 0 Å². The molecule has 0 heterocycles. The van der Waals surface area contributed by atoms with Gasteiger partial charge in [0, 0.05) is 17.9 Å². The number of carbonyl (C=O) groups excluding carboxylic acids is 1. The summed E-state index contributed by atoms with van der Waals surface area (Å²) in [6.45, 7) is 7.75. The Labute approximate surface area is 108 Å². The van der Waals surface area contributed by atoms with Crippen molar-refractivity contribution in [3.63, 3.8) is 0 Å². The molecule has 3 atom stereocenters. The van der Waals surface area contributed by atoms with E-state index in [2.05, 4.69) is 19.6 Å². The molecule has 1 saturated carbocycles. The lowest BCUT2D eigenvalue weighted by atomic mass is 9.57. The van der Waals surface area contributed by atoms with Gasteiger partial charge in [0.25, 0.3) is 0 Å². The Morgan fingerprint density at radius 1 is 1.50 bits per heavy atom. The first-order valence-electron chi connectivity index (χ1n) is 6.50. The van der Waals surface area contributed by atoms with Crippen LogP contribution in [0, 0.1) is 17.3 Å². The van der Waals surface area contributed by atoms with Gasteiger partial charge in [-0.3, -0.25) is 4.79 Å². The van der Waals surface area contributed by atoms with Gasteiger partial charge >= 0.3 is 5.97 Å². The summed E-state index contributed by atoms with van der Waals surface area (Å²) in [5.41, 5.74) is 1.44. The summed E-state index contributed by atoms with van der Waals surface area (Å²) in [6, 6.07) is 0. The van der Waals surface area contributed by atoms with Crippen LogP contribution in [0.4, 0.5) is 0 Å². The van der Waals surface area contributed by atoms with Crippen molar-refractivity contribution in [1.82, 2.24) is 0 Å². The summed E-state index contributed by atoms with van der Waals surface area (Å²) in [5.74, 6) is -0.669. The second kappa shape index (κ2) is 4.38. The van der Waals surface area contributed by atoms with Crippen LogP contribution in [0.5, 0.6) is 0 Å². The second-order valence-corrected chi connectivity index (χ2v) is 5.80. The van der Waals surface area contributed by atoms with Gasteiger partial charge in [-0.1, -0.05) is 32.1 Å². The largest absolute Gasteiger partial charge is 0.478 e. The minimum atomic E-state index is -0.921. The molecular weight excluding hydrogens is 228 g/mol. The zero-order chi connectivity index (χ0) is 13.5. The summed E-state index contributed by atoms with van der Waals surface area (Å²) in [6.07, 6.45) is 5.10. The van der Waals surface area contributed by atoms with E-state index in [0.717, 1.165) is 19.3 Å². The minimum absolute atomic E-state index is 0.0121. The zero-order valence-electron chi connectivity index (χ0n) is 11.0. The number of carboxylic acids is 1. The van der Waals surface area contributed by atoms with Gasteiger partial charge < -0.3 is 5.11 Å². The van der Waals surface area contributed by atoms with Crippen LogP contribution in [-0.4, -0.2) is 16.9 Å². The molecule has 0 bridgehead atoms. The van der Waals surface area contributed by atoms with Gasteiger partial charge in [0.15, 0.2) is 0 Å². The molecule has 2 aliphatic carbocycles. The standard InChI is InChI=1S/C15H20O3/c1-9(14(17)18)11-4-5-12-6-7-13(16)10(2)15(12,3)8-11/h5,10-11H,1,4,6-8H2,2-3H3,(H,17,18). The molecule has 3 heteroatoms. The predicted molar refractivity (Wildman–Crippen MR) is 69.1 cm³/mol. The monoisotopic (exact) mass is 248 g/mol. The fourth-order valence-corrected chi connectivity index (χ4v) is 3.36. The fraction of sp³-hybridized carbons (Fsp3) is 0.600. The maximum atomic E-state index is 11.9. The Bertz CT molecular complexity index is 447. The molecule has 0 spiro atoms. The second-order valence-electron chi connectivity index (χ2n) is 5.80. The SMILES string of the molecule is C=C(C(=O)O)C1CC=C2CCC(=O)C(C)C2(C)C1. The molecule has 1 N–H and O–H groups in total. The van der Waals surface area contributed by atoms with Crippen LogP contribution in [0.2, 0.25) is 0 Å². The molecule has 1 fully saturated rings. The Kier molecular flexibility index (Phi) is 3.18. The highest BCUT2D eigenvalue weighted by Gasteiger charge is 2.45.